The zero-order valence-corrected chi connectivity index (χ0v) is 31.2. The number of phenolic OH excluding ortho intramolecular Hbond substituents is 1. The van der Waals surface area contributed by atoms with Crippen molar-refractivity contribution in [2.45, 2.75) is 24.2 Å². The number of hydrogen-bond donors (Lipinski definition) is 1. The van der Waals surface area contributed by atoms with Crippen LogP contribution in [0, 0.1) is 23.7 Å². The molecule has 9 rings (SSSR count). The molecule has 284 valence electrons. The van der Waals surface area contributed by atoms with Gasteiger partial charge in [-0.15, -0.1) is 0 Å². The van der Waals surface area contributed by atoms with Crippen molar-refractivity contribution < 1.29 is 38.5 Å². The van der Waals surface area contributed by atoms with Crippen LogP contribution in [0.1, 0.15) is 35.4 Å². The Labute approximate surface area is 325 Å². The van der Waals surface area contributed by atoms with E-state index < -0.39 is 35.0 Å². The number of benzene rings is 4. The van der Waals surface area contributed by atoms with Crippen LogP contribution in [0.15, 0.2) is 115 Å². The zero-order chi connectivity index (χ0) is 38.7. The number of Topliss-reactive ketones (excluding diaryl/α,β-unsaturated/α-hetero) is 1. The van der Waals surface area contributed by atoms with E-state index in [1.54, 1.807) is 0 Å². The van der Waals surface area contributed by atoms with E-state index >= 15 is 9.59 Å². The molecule has 2 heterocycles. The van der Waals surface area contributed by atoms with E-state index in [1.807, 2.05) is 91.0 Å². The normalized spacial score (nSPS) is 27.2. The number of fused-ring (bicyclic) bond motifs is 4. The second-order valence-electron chi connectivity index (χ2n) is 15.2. The fourth-order valence-electron chi connectivity index (χ4n) is 10.3. The first-order chi connectivity index (χ1) is 27.3. The monoisotopic (exact) mass is 750 g/mol. The average Bonchev–Trinajstić information content (AvgIpc) is 3.50. The molecule has 10 nitrogen and oxygen atoms in total. The molecule has 0 unspecified atom stereocenters. The second-order valence-corrected chi connectivity index (χ2v) is 15.2. The first kappa shape index (κ1) is 35.7. The van der Waals surface area contributed by atoms with Crippen LogP contribution in [0.2, 0.25) is 0 Å². The Morgan fingerprint density at radius 3 is 2.04 bits per heavy atom. The lowest BCUT2D eigenvalue weighted by atomic mass is 9.44. The smallest absolute Gasteiger partial charge is 0.238 e. The zero-order valence-electron chi connectivity index (χ0n) is 31.2. The van der Waals surface area contributed by atoms with Crippen molar-refractivity contribution in [3.8, 4) is 17.2 Å². The van der Waals surface area contributed by atoms with E-state index in [2.05, 4.69) is 4.90 Å². The predicted octanol–water partition coefficient (Wildman–Crippen LogP) is 6.28. The van der Waals surface area contributed by atoms with Gasteiger partial charge in [-0.05, 0) is 60.2 Å². The predicted molar refractivity (Wildman–Crippen MR) is 210 cm³/mol. The van der Waals surface area contributed by atoms with Crippen molar-refractivity contribution in [1.29, 1.82) is 0 Å². The number of aromatic hydroxyl groups is 1. The van der Waals surface area contributed by atoms with Crippen LogP contribution in [-0.4, -0.2) is 69.0 Å². The van der Waals surface area contributed by atoms with Crippen LogP contribution in [0.5, 0.6) is 17.2 Å². The van der Waals surface area contributed by atoms with Crippen molar-refractivity contribution in [3.63, 3.8) is 0 Å². The number of morpholine rings is 1. The van der Waals surface area contributed by atoms with Crippen molar-refractivity contribution in [3.05, 3.63) is 131 Å². The molecule has 1 N–H and O–H groups in total. The number of ether oxygens (including phenoxy) is 3. The van der Waals surface area contributed by atoms with Gasteiger partial charge in [-0.3, -0.25) is 24.1 Å². The molecule has 5 aliphatic rings. The van der Waals surface area contributed by atoms with Crippen LogP contribution >= 0.6 is 0 Å². The standard InChI is InChI=1S/C46H42N2O8/c1-54-37-23-31(49)24-38(55-2)41(37)42-32-17-18-33-40(45(53)48(44(33)52)30-15-13-29(14-16-30)47-19-21-56-22-20-47)35(32)25-36-43(51)34(27-9-5-3-6-10-27)26-39(50)46(36,42)28-11-7-4-8-12-28/h3-17,23-24,26,33,35-36,40,42,49H,18-22,25H2,1-2H3/t33-,35+,36-,40-,42+,46-/m0/s1. The maximum atomic E-state index is 15.4. The second kappa shape index (κ2) is 13.9. The molecule has 3 fully saturated rings. The Balaban J connectivity index is 1.23. The van der Waals surface area contributed by atoms with Crippen molar-refractivity contribution >= 4 is 40.3 Å². The van der Waals surface area contributed by atoms with Gasteiger partial charge in [-0.25, -0.2) is 0 Å². The van der Waals surface area contributed by atoms with Crippen LogP contribution < -0.4 is 19.3 Å². The van der Waals surface area contributed by atoms with Gasteiger partial charge in [0.1, 0.15) is 17.2 Å². The first-order valence-corrected chi connectivity index (χ1v) is 19.1. The van der Waals surface area contributed by atoms with E-state index in [-0.39, 0.29) is 53.5 Å². The number of hydrogen-bond acceptors (Lipinski definition) is 9. The molecule has 0 bridgehead atoms. The minimum atomic E-state index is -1.48. The number of phenols is 1. The summed E-state index contributed by atoms with van der Waals surface area (Å²) in [7, 11) is 2.97. The van der Waals surface area contributed by atoms with E-state index in [0.29, 0.717) is 41.2 Å². The Bertz CT molecular complexity index is 2270. The van der Waals surface area contributed by atoms with Crippen LogP contribution in [0.3, 0.4) is 0 Å². The number of amides is 2. The summed E-state index contributed by atoms with van der Waals surface area (Å²) in [4.78, 5) is 63.4. The van der Waals surface area contributed by atoms with Crippen molar-refractivity contribution in [2.75, 3.05) is 50.3 Å². The number of allylic oxidation sites excluding steroid dienone is 4. The van der Waals surface area contributed by atoms with Gasteiger partial charge in [-0.1, -0.05) is 72.3 Å². The summed E-state index contributed by atoms with van der Waals surface area (Å²) in [6, 6.07) is 29.0. The van der Waals surface area contributed by atoms with E-state index in [9.17, 15) is 14.7 Å². The van der Waals surface area contributed by atoms with Gasteiger partial charge in [-0.2, -0.15) is 0 Å². The van der Waals surface area contributed by atoms with Gasteiger partial charge in [0, 0.05) is 53.9 Å². The molecule has 2 saturated heterocycles. The highest BCUT2D eigenvalue weighted by atomic mass is 16.5. The summed E-state index contributed by atoms with van der Waals surface area (Å²) in [6.07, 6.45) is 3.92. The molecule has 0 spiro atoms. The van der Waals surface area contributed by atoms with Gasteiger partial charge >= 0.3 is 0 Å². The van der Waals surface area contributed by atoms with Gasteiger partial charge in [0.15, 0.2) is 11.6 Å². The number of carbonyl (C=O) groups is 4. The number of nitrogens with zero attached hydrogens (tertiary/aromatic N) is 2. The number of methoxy groups -OCH3 is 2. The fraction of sp³-hybridized carbons (Fsp3) is 0.304. The lowest BCUT2D eigenvalue weighted by Crippen LogP contribution is -2.59. The average molecular weight is 751 g/mol. The Hall–Kier alpha value is -6.00. The lowest BCUT2D eigenvalue weighted by Gasteiger charge is -2.55. The molecule has 3 aliphatic carbocycles. The summed E-state index contributed by atoms with van der Waals surface area (Å²) in [5.41, 5.74) is 2.86. The van der Waals surface area contributed by atoms with Gasteiger partial charge in [0.2, 0.25) is 11.8 Å². The van der Waals surface area contributed by atoms with E-state index in [0.717, 1.165) is 24.4 Å². The number of carbonyl (C=O) groups excluding carboxylic acids is 4. The third-order valence-electron chi connectivity index (χ3n) is 12.7. The molecular weight excluding hydrogens is 709 g/mol. The highest BCUT2D eigenvalue weighted by Crippen LogP contribution is 2.65. The Morgan fingerprint density at radius 1 is 0.768 bits per heavy atom. The molecule has 0 aromatic heterocycles. The minimum Gasteiger partial charge on any atom is -0.508 e. The molecule has 2 aliphatic heterocycles. The van der Waals surface area contributed by atoms with E-state index in [1.165, 1.54) is 37.3 Å². The largest absolute Gasteiger partial charge is 0.508 e. The van der Waals surface area contributed by atoms with Gasteiger partial charge < -0.3 is 24.2 Å². The quantitative estimate of drug-likeness (QED) is 0.172. The SMILES string of the molecule is COc1cc(O)cc(OC)c1[C@H]1C2=CC[C@@H]3C(=O)N(c4ccc(N5CCOCC5)cc4)C(=O)[C@@H]3[C@@H]2C[C@H]2C(=O)C(c3ccccc3)=CC(=O)[C@@]12c1ccccc1. The summed E-state index contributed by atoms with van der Waals surface area (Å²) >= 11 is 0. The van der Waals surface area contributed by atoms with Gasteiger partial charge in [0.25, 0.3) is 0 Å². The molecular formula is C46H42N2O8. The number of rotatable bonds is 7. The van der Waals surface area contributed by atoms with E-state index in [4.69, 9.17) is 14.2 Å². The molecule has 6 atom stereocenters. The lowest BCUT2D eigenvalue weighted by molar-refractivity contribution is -0.135. The molecule has 1 saturated carbocycles. The van der Waals surface area contributed by atoms with Gasteiger partial charge in [0.05, 0.1) is 50.4 Å². The minimum absolute atomic E-state index is 0.0954. The summed E-state index contributed by atoms with van der Waals surface area (Å²) < 4.78 is 17.4. The fourth-order valence-corrected chi connectivity index (χ4v) is 10.3. The molecule has 10 heteroatoms. The molecule has 4 aromatic carbocycles. The molecule has 56 heavy (non-hydrogen) atoms. The highest BCUT2D eigenvalue weighted by molar-refractivity contribution is 6.32. The third-order valence-corrected chi connectivity index (χ3v) is 12.7. The topological polar surface area (TPSA) is 123 Å². The highest BCUT2D eigenvalue weighted by Gasteiger charge is 2.66. The van der Waals surface area contributed by atoms with Crippen LogP contribution in [0.4, 0.5) is 11.4 Å². The Morgan fingerprint density at radius 2 is 1.39 bits per heavy atom. The Kier molecular flexibility index (Phi) is 8.88. The van der Waals surface area contributed by atoms with Crippen LogP contribution in [0.25, 0.3) is 5.57 Å². The molecule has 4 aromatic rings. The summed E-state index contributed by atoms with van der Waals surface area (Å²) in [5, 5.41) is 10.8. The van der Waals surface area contributed by atoms with Crippen LogP contribution in [-0.2, 0) is 29.3 Å². The first-order valence-electron chi connectivity index (χ1n) is 19.1. The van der Waals surface area contributed by atoms with Crippen molar-refractivity contribution in [2.24, 2.45) is 23.7 Å². The number of ketones is 2. The number of anilines is 2. The third kappa shape index (κ3) is 5.33. The summed E-state index contributed by atoms with van der Waals surface area (Å²) in [6.45, 7) is 2.79. The van der Waals surface area contributed by atoms with Crippen molar-refractivity contribution in [1.82, 2.24) is 0 Å². The maximum absolute atomic E-state index is 15.4. The maximum Gasteiger partial charge on any atom is 0.238 e. The summed E-state index contributed by atoms with van der Waals surface area (Å²) in [5.74, 6) is -4.42. The molecule has 0 radical (unpaired) electrons. The molecule has 2 amide bonds. The number of imide groups is 1.